The highest BCUT2D eigenvalue weighted by Gasteiger charge is 2.12. The lowest BCUT2D eigenvalue weighted by molar-refractivity contribution is -0.138. The van der Waals surface area contributed by atoms with E-state index >= 15 is 0 Å². The summed E-state index contributed by atoms with van der Waals surface area (Å²) in [6.45, 7) is 2.42. The zero-order chi connectivity index (χ0) is 15.2. The van der Waals surface area contributed by atoms with E-state index in [0.717, 1.165) is 23.4 Å². The third-order valence-corrected chi connectivity index (χ3v) is 4.14. The minimum absolute atomic E-state index is 0.467. The Hall–Kier alpha value is -1.94. The summed E-state index contributed by atoms with van der Waals surface area (Å²) in [5.74, 6) is -1.26. The molecule has 0 bridgehead atoms. The summed E-state index contributed by atoms with van der Waals surface area (Å²) in [4.78, 5) is 12.2. The molecular formula is C17H19NO2S. The van der Waals surface area contributed by atoms with Crippen LogP contribution in [-0.4, -0.2) is 17.3 Å². The lowest BCUT2D eigenvalue weighted by Gasteiger charge is -2.10. The lowest BCUT2D eigenvalue weighted by atomic mass is 10.00. The van der Waals surface area contributed by atoms with Crippen LogP contribution in [0.2, 0.25) is 0 Å². The van der Waals surface area contributed by atoms with Gasteiger partial charge in [0.1, 0.15) is 0 Å². The Bertz CT molecular complexity index is 610. The number of anilines is 1. The Kier molecular flexibility index (Phi) is 5.28. The third-order valence-electron chi connectivity index (χ3n) is 3.42. The van der Waals surface area contributed by atoms with Crippen molar-refractivity contribution in [3.05, 3.63) is 59.7 Å². The second-order valence-electron chi connectivity index (χ2n) is 4.89. The molecule has 0 aliphatic carbocycles. The summed E-state index contributed by atoms with van der Waals surface area (Å²) < 4.78 is 0. The molecule has 4 heteroatoms. The third kappa shape index (κ3) is 4.26. The number of carbonyl (C=O) groups is 1. The van der Waals surface area contributed by atoms with E-state index in [1.807, 2.05) is 36.4 Å². The summed E-state index contributed by atoms with van der Waals surface area (Å²) in [5.41, 5.74) is 3.05. The molecule has 2 aromatic carbocycles. The molecule has 0 fully saturated rings. The molecule has 2 rings (SSSR count). The number of hydrogen-bond donors (Lipinski definition) is 2. The van der Waals surface area contributed by atoms with Crippen LogP contribution in [0, 0.1) is 0 Å². The van der Waals surface area contributed by atoms with Gasteiger partial charge in [-0.3, -0.25) is 4.79 Å². The van der Waals surface area contributed by atoms with Gasteiger partial charge in [0, 0.05) is 17.1 Å². The van der Waals surface area contributed by atoms with Crippen LogP contribution in [0.1, 0.15) is 24.0 Å². The molecule has 0 heterocycles. The van der Waals surface area contributed by atoms with E-state index in [-0.39, 0.29) is 0 Å². The smallest absolute Gasteiger partial charge is 0.310 e. The average molecular weight is 301 g/mol. The highest BCUT2D eigenvalue weighted by atomic mass is 32.2. The summed E-state index contributed by atoms with van der Waals surface area (Å²) in [5, 5.41) is 12.4. The summed E-state index contributed by atoms with van der Waals surface area (Å²) in [6, 6.07) is 16.0. The Morgan fingerprint density at radius 3 is 2.57 bits per heavy atom. The van der Waals surface area contributed by atoms with Crippen molar-refractivity contribution in [3.63, 3.8) is 0 Å². The molecule has 0 saturated heterocycles. The van der Waals surface area contributed by atoms with E-state index in [2.05, 4.69) is 23.7 Å². The van der Waals surface area contributed by atoms with E-state index in [1.54, 1.807) is 18.7 Å². The summed E-state index contributed by atoms with van der Waals surface area (Å²) in [6.07, 6.45) is 2.06. The Morgan fingerprint density at radius 1 is 1.24 bits per heavy atom. The van der Waals surface area contributed by atoms with E-state index < -0.39 is 11.9 Å². The zero-order valence-electron chi connectivity index (χ0n) is 12.2. The van der Waals surface area contributed by atoms with Crippen molar-refractivity contribution < 1.29 is 9.90 Å². The van der Waals surface area contributed by atoms with Crippen molar-refractivity contribution in [3.8, 4) is 0 Å². The number of thioether (sulfide) groups is 1. The van der Waals surface area contributed by atoms with Crippen LogP contribution in [0.5, 0.6) is 0 Å². The molecule has 2 aromatic rings. The van der Waals surface area contributed by atoms with Gasteiger partial charge >= 0.3 is 5.97 Å². The maximum Gasteiger partial charge on any atom is 0.310 e. The van der Waals surface area contributed by atoms with Crippen LogP contribution in [0.4, 0.5) is 5.69 Å². The predicted molar refractivity (Wildman–Crippen MR) is 88.0 cm³/mol. The molecule has 21 heavy (non-hydrogen) atoms. The van der Waals surface area contributed by atoms with Gasteiger partial charge in [-0.2, -0.15) is 0 Å². The highest BCUT2D eigenvalue weighted by molar-refractivity contribution is 7.98. The number of carboxylic acids is 1. The van der Waals surface area contributed by atoms with E-state index in [1.165, 1.54) is 4.90 Å². The van der Waals surface area contributed by atoms with E-state index in [9.17, 15) is 4.79 Å². The molecule has 1 atom stereocenters. The number of aliphatic carboxylic acids is 1. The Morgan fingerprint density at radius 2 is 1.95 bits per heavy atom. The molecule has 0 radical (unpaired) electrons. The second-order valence-corrected chi connectivity index (χ2v) is 5.77. The van der Waals surface area contributed by atoms with Gasteiger partial charge in [-0.05, 0) is 42.5 Å². The average Bonchev–Trinajstić information content (AvgIpc) is 2.53. The highest BCUT2D eigenvalue weighted by Crippen LogP contribution is 2.20. The van der Waals surface area contributed by atoms with E-state index in [0.29, 0.717) is 0 Å². The minimum atomic E-state index is -0.797. The predicted octanol–water partition coefficient (Wildman–Crippen LogP) is 4.21. The van der Waals surface area contributed by atoms with Crippen molar-refractivity contribution >= 4 is 23.4 Å². The molecular weight excluding hydrogens is 282 g/mol. The number of benzene rings is 2. The van der Waals surface area contributed by atoms with Gasteiger partial charge in [-0.15, -0.1) is 11.8 Å². The topological polar surface area (TPSA) is 49.3 Å². The summed E-state index contributed by atoms with van der Waals surface area (Å²) in [7, 11) is 0. The quantitative estimate of drug-likeness (QED) is 0.785. The fourth-order valence-corrected chi connectivity index (χ4v) is 2.46. The lowest BCUT2D eigenvalue weighted by Crippen LogP contribution is -2.07. The molecule has 0 aliphatic rings. The molecule has 0 aromatic heterocycles. The first-order valence-electron chi connectivity index (χ1n) is 6.79. The van der Waals surface area contributed by atoms with Crippen LogP contribution in [0.3, 0.4) is 0 Å². The van der Waals surface area contributed by atoms with Gasteiger partial charge in [0.05, 0.1) is 5.92 Å². The van der Waals surface area contributed by atoms with Crippen molar-refractivity contribution in [2.75, 3.05) is 11.6 Å². The molecule has 1 unspecified atom stereocenters. The number of carboxylic acid groups (broad SMARTS) is 1. The van der Waals surface area contributed by atoms with Crippen molar-refractivity contribution in [1.29, 1.82) is 0 Å². The largest absolute Gasteiger partial charge is 0.481 e. The monoisotopic (exact) mass is 301 g/mol. The number of hydrogen-bond acceptors (Lipinski definition) is 3. The number of rotatable bonds is 6. The number of nitrogens with one attached hydrogen (secondary N) is 1. The normalized spacial score (nSPS) is 11.9. The van der Waals surface area contributed by atoms with Gasteiger partial charge in [-0.25, -0.2) is 0 Å². The van der Waals surface area contributed by atoms with Gasteiger partial charge in [0.2, 0.25) is 0 Å². The van der Waals surface area contributed by atoms with Gasteiger partial charge in [-0.1, -0.05) is 30.3 Å². The van der Waals surface area contributed by atoms with Crippen LogP contribution in [0.25, 0.3) is 0 Å². The fourth-order valence-electron chi connectivity index (χ4n) is 2.00. The minimum Gasteiger partial charge on any atom is -0.481 e. The SMILES string of the molecule is CSc1cccc(NCc2ccc(C(C)C(=O)O)cc2)c1. The molecule has 3 nitrogen and oxygen atoms in total. The molecule has 110 valence electrons. The molecule has 0 spiro atoms. The maximum atomic E-state index is 10.9. The molecule has 0 amide bonds. The Labute approximate surface area is 129 Å². The first-order valence-corrected chi connectivity index (χ1v) is 8.02. The van der Waals surface area contributed by atoms with Crippen molar-refractivity contribution in [2.24, 2.45) is 0 Å². The first kappa shape index (κ1) is 15.4. The fraction of sp³-hybridized carbons (Fsp3) is 0.235. The molecule has 0 saturated carbocycles. The molecule has 2 N–H and O–H groups in total. The maximum absolute atomic E-state index is 10.9. The van der Waals surface area contributed by atoms with Crippen molar-refractivity contribution in [2.45, 2.75) is 24.3 Å². The Balaban J connectivity index is 1.98. The van der Waals surface area contributed by atoms with Crippen molar-refractivity contribution in [1.82, 2.24) is 0 Å². The summed E-state index contributed by atoms with van der Waals surface area (Å²) >= 11 is 1.72. The standard InChI is InChI=1S/C17H19NO2S/c1-12(17(19)20)14-8-6-13(7-9-14)11-18-15-4-3-5-16(10-15)21-2/h3-10,12,18H,11H2,1-2H3,(H,19,20). The molecule has 0 aliphatic heterocycles. The van der Waals surface area contributed by atoms with Crippen LogP contribution in [0.15, 0.2) is 53.4 Å². The first-order chi connectivity index (χ1) is 10.1. The van der Waals surface area contributed by atoms with Crippen LogP contribution < -0.4 is 5.32 Å². The van der Waals surface area contributed by atoms with E-state index in [4.69, 9.17) is 5.11 Å². The zero-order valence-corrected chi connectivity index (χ0v) is 13.0. The second kappa shape index (κ2) is 7.18. The van der Waals surface area contributed by atoms with Gasteiger partial charge in [0.25, 0.3) is 0 Å². The van der Waals surface area contributed by atoms with Crippen LogP contribution >= 0.6 is 11.8 Å². The van der Waals surface area contributed by atoms with Gasteiger partial charge in [0.15, 0.2) is 0 Å². The van der Waals surface area contributed by atoms with Crippen LogP contribution in [-0.2, 0) is 11.3 Å². The van der Waals surface area contributed by atoms with Gasteiger partial charge < -0.3 is 10.4 Å².